The van der Waals surface area contributed by atoms with Gasteiger partial charge in [0, 0.05) is 11.9 Å². The third-order valence-electron chi connectivity index (χ3n) is 2.56. The van der Waals surface area contributed by atoms with Gasteiger partial charge in [-0.2, -0.15) is 10.5 Å². The average molecular weight is 328 g/mol. The molecule has 4 heteroatoms. The lowest BCUT2D eigenvalue weighted by Crippen LogP contribution is -1.94. The van der Waals surface area contributed by atoms with Crippen molar-refractivity contribution in [2.45, 2.75) is 11.9 Å². The summed E-state index contributed by atoms with van der Waals surface area (Å²) in [4.78, 5) is 0. The molecular formula is C16H14BrN3. The lowest BCUT2D eigenvalue weighted by atomic mass is 10.1. The number of rotatable bonds is 2. The van der Waals surface area contributed by atoms with E-state index in [0.717, 1.165) is 10.9 Å². The normalized spacial score (nSPS) is 8.80. The molecule has 20 heavy (non-hydrogen) atoms. The molecule has 3 nitrogen and oxygen atoms in total. The fourth-order valence-corrected chi connectivity index (χ4v) is 1.76. The summed E-state index contributed by atoms with van der Waals surface area (Å²) in [7, 11) is 0. The molecular weight excluding hydrogens is 314 g/mol. The minimum atomic E-state index is 0.533. The van der Waals surface area contributed by atoms with Gasteiger partial charge in [-0.25, -0.2) is 0 Å². The van der Waals surface area contributed by atoms with Gasteiger partial charge in [0.2, 0.25) is 0 Å². The van der Waals surface area contributed by atoms with E-state index >= 15 is 0 Å². The van der Waals surface area contributed by atoms with E-state index in [4.69, 9.17) is 16.3 Å². The van der Waals surface area contributed by atoms with Crippen molar-refractivity contribution in [1.29, 1.82) is 10.5 Å². The molecule has 0 unspecified atom stereocenters. The minimum Gasteiger partial charge on any atom is -0.326 e. The molecule has 0 aliphatic heterocycles. The number of nitriles is 2. The average Bonchev–Trinajstić information content (AvgIpc) is 2.55. The molecule has 0 saturated heterocycles. The van der Waals surface area contributed by atoms with Crippen LogP contribution in [-0.2, 0) is 11.9 Å². The Morgan fingerprint density at radius 2 is 1.20 bits per heavy atom. The van der Waals surface area contributed by atoms with Crippen molar-refractivity contribution in [2.75, 3.05) is 0 Å². The molecule has 0 radical (unpaired) electrons. The summed E-state index contributed by atoms with van der Waals surface area (Å²) in [6.45, 7) is 0.533. The van der Waals surface area contributed by atoms with Crippen LogP contribution in [0.25, 0.3) is 0 Å². The second kappa shape index (κ2) is 8.87. The molecule has 0 amide bonds. The minimum absolute atomic E-state index is 0.533. The number of hydrogen-bond donors (Lipinski definition) is 1. The zero-order valence-electron chi connectivity index (χ0n) is 10.9. The molecule has 100 valence electrons. The molecule has 0 spiro atoms. The Balaban J connectivity index is 0.000000200. The topological polar surface area (TPSA) is 73.6 Å². The van der Waals surface area contributed by atoms with Crippen LogP contribution in [0.5, 0.6) is 0 Å². The SMILES string of the molecule is N#Cc1ccc(CBr)cc1.N#Cc1ccc(CN)cc1. The van der Waals surface area contributed by atoms with Crippen molar-refractivity contribution in [3.8, 4) is 12.1 Å². The lowest BCUT2D eigenvalue weighted by Gasteiger charge is -1.93. The van der Waals surface area contributed by atoms with E-state index < -0.39 is 0 Å². The van der Waals surface area contributed by atoms with Gasteiger partial charge in [0.15, 0.2) is 0 Å². The lowest BCUT2D eigenvalue weighted by molar-refractivity contribution is 1.07. The Hall–Kier alpha value is -2.14. The Morgan fingerprint density at radius 3 is 1.50 bits per heavy atom. The number of halogens is 1. The van der Waals surface area contributed by atoms with E-state index in [-0.39, 0.29) is 0 Å². The van der Waals surface area contributed by atoms with Crippen molar-refractivity contribution in [2.24, 2.45) is 5.73 Å². The predicted octanol–water partition coefficient (Wildman–Crippen LogP) is 3.47. The molecule has 0 fully saturated rings. The van der Waals surface area contributed by atoms with E-state index in [0.29, 0.717) is 17.7 Å². The van der Waals surface area contributed by atoms with Gasteiger partial charge in [-0.15, -0.1) is 0 Å². The van der Waals surface area contributed by atoms with Crippen LogP contribution in [0.3, 0.4) is 0 Å². The van der Waals surface area contributed by atoms with Gasteiger partial charge in [-0.1, -0.05) is 40.2 Å². The fourth-order valence-electron chi connectivity index (χ4n) is 1.38. The first-order chi connectivity index (χ1) is 9.73. The highest BCUT2D eigenvalue weighted by Crippen LogP contribution is 2.06. The van der Waals surface area contributed by atoms with Crippen LogP contribution in [0.2, 0.25) is 0 Å². The first-order valence-corrected chi connectivity index (χ1v) is 7.09. The van der Waals surface area contributed by atoms with E-state index in [1.54, 1.807) is 12.1 Å². The van der Waals surface area contributed by atoms with Gasteiger partial charge in [0.25, 0.3) is 0 Å². The van der Waals surface area contributed by atoms with E-state index in [9.17, 15) is 0 Å². The van der Waals surface area contributed by atoms with Crippen LogP contribution in [0.4, 0.5) is 0 Å². The number of benzene rings is 2. The quantitative estimate of drug-likeness (QED) is 0.858. The second-order valence-corrected chi connectivity index (χ2v) is 4.52. The molecule has 0 bridgehead atoms. The summed E-state index contributed by atoms with van der Waals surface area (Å²) in [5.41, 5.74) is 9.00. The van der Waals surface area contributed by atoms with Crippen molar-refractivity contribution in [3.05, 3.63) is 70.8 Å². The fraction of sp³-hybridized carbons (Fsp3) is 0.125. The van der Waals surface area contributed by atoms with Crippen LogP contribution in [0.1, 0.15) is 22.3 Å². The van der Waals surface area contributed by atoms with Crippen LogP contribution in [0, 0.1) is 22.7 Å². The summed E-state index contributed by atoms with van der Waals surface area (Å²) in [6, 6.07) is 18.9. The van der Waals surface area contributed by atoms with Crippen molar-refractivity contribution >= 4 is 15.9 Å². The Bertz CT molecular complexity index is 547. The number of hydrogen-bond acceptors (Lipinski definition) is 3. The maximum atomic E-state index is 8.44. The highest BCUT2D eigenvalue weighted by molar-refractivity contribution is 9.08. The van der Waals surface area contributed by atoms with Gasteiger partial charge in [0.05, 0.1) is 23.3 Å². The third-order valence-corrected chi connectivity index (χ3v) is 3.20. The summed E-state index contributed by atoms with van der Waals surface area (Å²) in [5.74, 6) is 0. The first-order valence-electron chi connectivity index (χ1n) is 5.97. The van der Waals surface area contributed by atoms with Crippen molar-refractivity contribution in [3.63, 3.8) is 0 Å². The summed E-state index contributed by atoms with van der Waals surface area (Å²) in [5, 5.41) is 17.7. The van der Waals surface area contributed by atoms with Gasteiger partial charge in [0.1, 0.15) is 0 Å². The highest BCUT2D eigenvalue weighted by Gasteiger charge is 1.89. The number of alkyl halides is 1. The Kier molecular flexibility index (Phi) is 7.06. The molecule has 2 aromatic rings. The van der Waals surface area contributed by atoms with Crippen LogP contribution >= 0.6 is 15.9 Å². The molecule has 2 N–H and O–H groups in total. The number of nitrogens with zero attached hydrogens (tertiary/aromatic N) is 2. The van der Waals surface area contributed by atoms with Gasteiger partial charge in [-0.3, -0.25) is 0 Å². The van der Waals surface area contributed by atoms with Gasteiger partial charge in [-0.05, 0) is 35.4 Å². The summed E-state index contributed by atoms with van der Waals surface area (Å²) < 4.78 is 0. The maximum Gasteiger partial charge on any atom is 0.0991 e. The molecule has 2 aromatic carbocycles. The van der Waals surface area contributed by atoms with Crippen molar-refractivity contribution < 1.29 is 0 Å². The summed E-state index contributed by atoms with van der Waals surface area (Å²) >= 11 is 3.32. The van der Waals surface area contributed by atoms with Crippen LogP contribution in [0.15, 0.2) is 48.5 Å². The summed E-state index contributed by atoms with van der Waals surface area (Å²) in [6.07, 6.45) is 0. The molecule has 0 heterocycles. The Labute approximate surface area is 127 Å². The molecule has 0 aromatic heterocycles. The standard InChI is InChI=1S/C8H6BrN.C8H8N2/c9-5-7-1-3-8(6-10)4-2-7;9-5-7-1-2-8(6-10)4-3-7/h1-4H,5H2;1-4H,5,9H2. The predicted molar refractivity (Wildman–Crippen MR) is 82.8 cm³/mol. The Morgan fingerprint density at radius 1 is 0.800 bits per heavy atom. The highest BCUT2D eigenvalue weighted by atomic mass is 79.9. The van der Waals surface area contributed by atoms with E-state index in [1.165, 1.54) is 5.56 Å². The zero-order valence-corrected chi connectivity index (χ0v) is 12.5. The van der Waals surface area contributed by atoms with Gasteiger partial charge < -0.3 is 5.73 Å². The molecule has 0 saturated carbocycles. The second-order valence-electron chi connectivity index (χ2n) is 3.96. The monoisotopic (exact) mass is 327 g/mol. The molecule has 0 atom stereocenters. The van der Waals surface area contributed by atoms with Crippen LogP contribution < -0.4 is 5.73 Å². The molecule has 0 aliphatic rings. The first kappa shape index (κ1) is 15.9. The molecule has 0 aliphatic carbocycles. The van der Waals surface area contributed by atoms with Gasteiger partial charge >= 0.3 is 0 Å². The third kappa shape index (κ3) is 5.24. The molecule has 2 rings (SSSR count). The van der Waals surface area contributed by atoms with Crippen LogP contribution in [-0.4, -0.2) is 0 Å². The largest absolute Gasteiger partial charge is 0.326 e. The maximum absolute atomic E-state index is 8.44. The van der Waals surface area contributed by atoms with E-state index in [2.05, 4.69) is 22.0 Å². The smallest absolute Gasteiger partial charge is 0.0991 e. The van der Waals surface area contributed by atoms with E-state index in [1.807, 2.05) is 42.5 Å². The zero-order chi connectivity index (χ0) is 14.8. The number of nitrogens with two attached hydrogens (primary N) is 1. The van der Waals surface area contributed by atoms with Crippen molar-refractivity contribution in [1.82, 2.24) is 0 Å².